The molecule has 3 N–H and O–H groups in total. The zero-order valence-electron chi connectivity index (χ0n) is 22.1. The summed E-state index contributed by atoms with van der Waals surface area (Å²) in [6, 6.07) is 0.987. The number of aromatic nitrogens is 2. The van der Waals surface area contributed by atoms with Crippen molar-refractivity contribution in [3.05, 3.63) is 33.1 Å². The number of hydrogen-bond acceptors (Lipinski definition) is 15. The average molecular weight is 617 g/mol. The summed E-state index contributed by atoms with van der Waals surface area (Å²) in [5.41, 5.74) is -8.41. The topological polar surface area (TPSA) is 220 Å². The molecule has 1 aromatic heterocycles. The van der Waals surface area contributed by atoms with E-state index in [9.17, 15) is 34.0 Å². The van der Waals surface area contributed by atoms with E-state index in [4.69, 9.17) is 39.4 Å². The van der Waals surface area contributed by atoms with Gasteiger partial charge in [-0.15, -0.1) is 11.6 Å². The van der Waals surface area contributed by atoms with Gasteiger partial charge in [0.2, 0.25) is 13.6 Å². The first-order valence-corrected chi connectivity index (χ1v) is 13.8. The number of H-pyrrole nitrogens is 1. The van der Waals surface area contributed by atoms with Gasteiger partial charge in [0.15, 0.2) is 11.8 Å². The number of aromatic amines is 1. The lowest BCUT2D eigenvalue weighted by atomic mass is 9.94. The highest BCUT2D eigenvalue weighted by Gasteiger charge is 2.93. The number of carbonyl (C=O) groups excluding carboxylic acids is 2. The highest BCUT2D eigenvalue weighted by Crippen LogP contribution is 2.72. The number of fused-ring (bicyclic) bond motifs is 1. The van der Waals surface area contributed by atoms with Crippen LogP contribution in [-0.4, -0.2) is 86.7 Å². The van der Waals surface area contributed by atoms with Gasteiger partial charge in [-0.1, -0.05) is 0 Å². The van der Waals surface area contributed by atoms with Crippen molar-refractivity contribution in [3.8, 4) is 0 Å². The second-order valence-corrected chi connectivity index (χ2v) is 11.4. The molecule has 0 radical (unpaired) electrons. The van der Waals surface area contributed by atoms with Gasteiger partial charge < -0.3 is 33.9 Å². The first-order valence-electron chi connectivity index (χ1n) is 11.8. The van der Waals surface area contributed by atoms with Crippen LogP contribution in [-0.2, 0) is 41.8 Å². The van der Waals surface area contributed by atoms with Crippen LogP contribution in [0.3, 0.4) is 0 Å². The van der Waals surface area contributed by atoms with Gasteiger partial charge in [-0.2, -0.15) is 0 Å². The molecule has 0 bridgehead atoms. The molecule has 17 nitrogen and oxygen atoms in total. The molecule has 19 heteroatoms. The minimum Gasteiger partial charge on any atom is -0.432 e. The van der Waals surface area contributed by atoms with Crippen LogP contribution in [0, 0.1) is 0 Å². The highest BCUT2D eigenvalue weighted by atomic mass is 35.5. The molecule has 1 aliphatic carbocycles. The molecule has 40 heavy (non-hydrogen) atoms. The quantitative estimate of drug-likeness (QED) is 0.129. The van der Waals surface area contributed by atoms with E-state index in [1.807, 2.05) is 4.98 Å². The van der Waals surface area contributed by atoms with Crippen LogP contribution in [0.2, 0.25) is 0 Å². The number of rotatable bonds is 12. The zero-order chi connectivity index (χ0) is 30.1. The van der Waals surface area contributed by atoms with E-state index in [1.54, 1.807) is 27.7 Å². The van der Waals surface area contributed by atoms with E-state index >= 15 is 0 Å². The van der Waals surface area contributed by atoms with Gasteiger partial charge >= 0.3 is 25.8 Å². The maximum atomic E-state index is 13.4. The van der Waals surface area contributed by atoms with Crippen molar-refractivity contribution < 1.29 is 61.6 Å². The van der Waals surface area contributed by atoms with Crippen molar-refractivity contribution >= 4 is 31.7 Å². The molecule has 0 amide bonds. The number of hydrogen-bond donors (Lipinski definition) is 3. The minimum absolute atomic E-state index is 0.543. The molecular formula is C21H30ClN2O15P. The molecular weight excluding hydrogens is 587 g/mol. The summed E-state index contributed by atoms with van der Waals surface area (Å²) in [7, 11) is -4.90. The maximum absolute atomic E-state index is 13.4. The number of aliphatic hydroxyl groups is 2. The third-order valence-electron chi connectivity index (χ3n) is 5.92. The molecule has 1 aliphatic heterocycles. The second-order valence-electron chi connectivity index (χ2n) is 9.47. The van der Waals surface area contributed by atoms with Crippen LogP contribution in [0.15, 0.2) is 21.9 Å². The monoisotopic (exact) mass is 616 g/mol. The second kappa shape index (κ2) is 11.8. The molecule has 2 heterocycles. The zero-order valence-corrected chi connectivity index (χ0v) is 23.7. The predicted molar refractivity (Wildman–Crippen MR) is 130 cm³/mol. The Hall–Kier alpha value is -2.50. The van der Waals surface area contributed by atoms with E-state index in [0.717, 1.165) is 23.8 Å². The van der Waals surface area contributed by atoms with Crippen LogP contribution >= 0.6 is 19.4 Å². The molecule has 1 saturated heterocycles. The number of alkyl halides is 1. The lowest BCUT2D eigenvalue weighted by molar-refractivity contribution is -0.165. The van der Waals surface area contributed by atoms with Gasteiger partial charge in [0, 0.05) is 12.3 Å². The Bertz CT molecular complexity index is 1230. The fourth-order valence-electron chi connectivity index (χ4n) is 4.07. The Kier molecular flexibility index (Phi) is 9.43. The van der Waals surface area contributed by atoms with Crippen molar-refractivity contribution in [2.45, 2.75) is 76.0 Å². The molecule has 2 fully saturated rings. The lowest BCUT2D eigenvalue weighted by Crippen LogP contribution is -2.51. The van der Waals surface area contributed by atoms with Gasteiger partial charge in [0.25, 0.3) is 5.56 Å². The van der Waals surface area contributed by atoms with E-state index in [-0.39, 0.29) is 0 Å². The summed E-state index contributed by atoms with van der Waals surface area (Å²) in [4.78, 5) is 49.0. The van der Waals surface area contributed by atoms with Crippen molar-refractivity contribution in [1.82, 2.24) is 9.55 Å². The Balaban J connectivity index is 1.81. The van der Waals surface area contributed by atoms with Gasteiger partial charge in [-0.3, -0.25) is 18.9 Å². The SMILES string of the molecule is CC(C)OC(=O)OCOP(=O)(OCOC(=O)OC(C)C)OC1[C@]2(O)[C@@](C)(O)[C@H](n3ccc(=O)[nH]c3=O)O[C@]12CCl. The van der Waals surface area contributed by atoms with Gasteiger partial charge in [0.1, 0.15) is 17.3 Å². The van der Waals surface area contributed by atoms with Crippen molar-refractivity contribution in [2.24, 2.45) is 0 Å². The largest absolute Gasteiger partial charge is 0.510 e. The number of nitrogens with one attached hydrogen (secondary N) is 1. The Morgan fingerprint density at radius 3 is 2.05 bits per heavy atom. The van der Waals surface area contributed by atoms with Crippen molar-refractivity contribution in [1.29, 1.82) is 0 Å². The van der Waals surface area contributed by atoms with E-state index in [2.05, 4.69) is 9.47 Å². The molecule has 0 spiro atoms. The average Bonchev–Trinajstić information content (AvgIpc) is 3.26. The highest BCUT2D eigenvalue weighted by molar-refractivity contribution is 7.48. The molecule has 226 valence electrons. The van der Waals surface area contributed by atoms with E-state index in [1.165, 1.54) is 0 Å². The first kappa shape index (κ1) is 32.0. The van der Waals surface area contributed by atoms with Crippen LogP contribution in [0.25, 0.3) is 0 Å². The van der Waals surface area contributed by atoms with E-state index < -0.39 is 92.2 Å². The lowest BCUT2D eigenvalue weighted by Gasteiger charge is -2.33. The Morgan fingerprint density at radius 2 is 1.62 bits per heavy atom. The molecule has 1 saturated carbocycles. The third kappa shape index (κ3) is 6.06. The van der Waals surface area contributed by atoms with Gasteiger partial charge in [-0.05, 0) is 34.6 Å². The fourth-order valence-corrected chi connectivity index (χ4v) is 5.61. The maximum Gasteiger partial charge on any atom is 0.510 e. The fraction of sp³-hybridized carbons (Fsp3) is 0.714. The summed E-state index contributed by atoms with van der Waals surface area (Å²) in [6.45, 7) is 5.21. The Labute approximate surface area is 231 Å². The van der Waals surface area contributed by atoms with Crippen molar-refractivity contribution in [2.75, 3.05) is 19.5 Å². The first-order chi connectivity index (χ1) is 18.5. The van der Waals surface area contributed by atoms with Crippen LogP contribution in [0.5, 0.6) is 0 Å². The van der Waals surface area contributed by atoms with Gasteiger partial charge in [-0.25, -0.2) is 28.0 Å². The van der Waals surface area contributed by atoms with E-state index in [0.29, 0.717) is 0 Å². The minimum atomic E-state index is -4.90. The molecule has 3 rings (SSSR count). The third-order valence-corrected chi connectivity index (χ3v) is 7.62. The summed E-state index contributed by atoms with van der Waals surface area (Å²) < 4.78 is 54.2. The normalized spacial score (nSPS) is 29.2. The Morgan fingerprint density at radius 1 is 1.10 bits per heavy atom. The molecule has 0 aromatic carbocycles. The van der Waals surface area contributed by atoms with Crippen LogP contribution < -0.4 is 11.2 Å². The summed E-state index contributed by atoms with van der Waals surface area (Å²) in [5.74, 6) is -0.562. The van der Waals surface area contributed by atoms with Crippen LogP contribution in [0.4, 0.5) is 9.59 Å². The number of halogens is 1. The summed E-state index contributed by atoms with van der Waals surface area (Å²) in [6.07, 6.45) is -5.71. The smallest absolute Gasteiger partial charge is 0.432 e. The molecule has 1 aromatic rings. The molecule has 5 atom stereocenters. The summed E-state index contributed by atoms with van der Waals surface area (Å²) >= 11 is 6.07. The van der Waals surface area contributed by atoms with Crippen LogP contribution in [0.1, 0.15) is 40.8 Å². The standard InChI is InChI=1S/C21H30ClN2O15P/c1-11(2)36-17(27)32-9-34-40(31,35-10-33-18(28)37-12(3)4)39-14-20(8-22)21(14,30)19(5,29)15(38-20)24-7-6-13(25)23-16(24)26/h6-7,11-12,14-15,29-30H,8-10H2,1-5H3,(H,23,25,26)/t14?,15-,19+,20-,21+/m1/s1. The van der Waals surface area contributed by atoms with Crippen molar-refractivity contribution in [3.63, 3.8) is 0 Å². The number of carbonyl (C=O) groups is 2. The number of nitrogens with zero attached hydrogens (tertiary/aromatic N) is 1. The molecule has 2 aliphatic rings. The summed E-state index contributed by atoms with van der Waals surface area (Å²) in [5, 5.41) is 22.7. The number of phosphoric acid groups is 1. The van der Waals surface area contributed by atoms with Gasteiger partial charge in [0.05, 0.1) is 18.1 Å². The number of ether oxygens (including phenoxy) is 5. The molecule has 1 unspecified atom stereocenters. The predicted octanol–water partition coefficient (Wildman–Crippen LogP) is 1.10. The number of phosphoric ester groups is 1.